The molecule has 0 aliphatic heterocycles. The number of benzene rings is 1. The first-order valence-electron chi connectivity index (χ1n) is 5.21. The summed E-state index contributed by atoms with van der Waals surface area (Å²) in [4.78, 5) is 0. The molecular weight excluding hydrogens is 190 g/mol. The first kappa shape index (κ1) is 12.0. The summed E-state index contributed by atoms with van der Waals surface area (Å²) in [7, 11) is 1.67. The first-order chi connectivity index (χ1) is 7.26. The molecular formula is C12H19NO2. The molecule has 0 spiro atoms. The third-order valence-corrected chi connectivity index (χ3v) is 2.10. The molecule has 0 radical (unpaired) electrons. The lowest BCUT2D eigenvalue weighted by molar-refractivity contribution is 0.0921. The molecule has 0 amide bonds. The molecule has 84 valence electrons. The Labute approximate surface area is 91.2 Å². The second kappa shape index (κ2) is 6.43. The third kappa shape index (κ3) is 4.32. The Hall–Kier alpha value is -1.06. The van der Waals surface area contributed by atoms with Gasteiger partial charge in [0.15, 0.2) is 0 Å². The lowest BCUT2D eigenvalue weighted by atomic mass is 10.1. The minimum Gasteiger partial charge on any atom is -0.488 e. The molecule has 1 unspecified atom stereocenters. The second-order valence-electron chi connectivity index (χ2n) is 3.57. The quantitative estimate of drug-likeness (QED) is 0.774. The Morgan fingerprint density at radius 2 is 1.93 bits per heavy atom. The molecule has 0 aromatic heterocycles. The third-order valence-electron chi connectivity index (χ3n) is 2.10. The van der Waals surface area contributed by atoms with Crippen molar-refractivity contribution in [3.05, 3.63) is 29.8 Å². The molecule has 1 aromatic carbocycles. The SMILES string of the molecule is COCC(C)Oc1ccc(CCN)cc1. The van der Waals surface area contributed by atoms with E-state index in [0.29, 0.717) is 13.2 Å². The zero-order valence-corrected chi connectivity index (χ0v) is 9.40. The summed E-state index contributed by atoms with van der Waals surface area (Å²) in [5.74, 6) is 0.875. The van der Waals surface area contributed by atoms with E-state index >= 15 is 0 Å². The highest BCUT2D eigenvalue weighted by molar-refractivity contribution is 5.27. The molecule has 2 N–H and O–H groups in total. The normalized spacial score (nSPS) is 12.5. The minimum atomic E-state index is 0.0790. The van der Waals surface area contributed by atoms with Crippen LogP contribution in [0.15, 0.2) is 24.3 Å². The topological polar surface area (TPSA) is 44.5 Å². The van der Waals surface area contributed by atoms with Crippen molar-refractivity contribution >= 4 is 0 Å². The highest BCUT2D eigenvalue weighted by atomic mass is 16.5. The van der Waals surface area contributed by atoms with Crippen molar-refractivity contribution in [3.8, 4) is 5.75 Å². The maximum Gasteiger partial charge on any atom is 0.119 e. The highest BCUT2D eigenvalue weighted by Crippen LogP contribution is 2.14. The van der Waals surface area contributed by atoms with Gasteiger partial charge < -0.3 is 15.2 Å². The van der Waals surface area contributed by atoms with Crippen LogP contribution in [0, 0.1) is 0 Å². The van der Waals surface area contributed by atoms with Gasteiger partial charge in [0.1, 0.15) is 11.9 Å². The fourth-order valence-corrected chi connectivity index (χ4v) is 1.40. The van der Waals surface area contributed by atoms with Gasteiger partial charge in [-0.2, -0.15) is 0 Å². The largest absolute Gasteiger partial charge is 0.488 e. The summed E-state index contributed by atoms with van der Waals surface area (Å²) in [5, 5.41) is 0. The van der Waals surface area contributed by atoms with E-state index in [0.717, 1.165) is 12.2 Å². The van der Waals surface area contributed by atoms with E-state index in [1.807, 2.05) is 31.2 Å². The fraction of sp³-hybridized carbons (Fsp3) is 0.500. The van der Waals surface area contributed by atoms with Crippen molar-refractivity contribution in [3.63, 3.8) is 0 Å². The zero-order valence-electron chi connectivity index (χ0n) is 9.40. The van der Waals surface area contributed by atoms with Crippen LogP contribution in [0.2, 0.25) is 0 Å². The molecule has 1 rings (SSSR count). The Bertz CT molecular complexity index is 271. The summed E-state index contributed by atoms with van der Waals surface area (Å²) in [6.07, 6.45) is 0.990. The lowest BCUT2D eigenvalue weighted by Gasteiger charge is -2.13. The summed E-state index contributed by atoms with van der Waals surface area (Å²) in [6, 6.07) is 8.03. The van der Waals surface area contributed by atoms with Crippen LogP contribution >= 0.6 is 0 Å². The van der Waals surface area contributed by atoms with E-state index in [2.05, 4.69) is 0 Å². The van der Waals surface area contributed by atoms with Crippen LogP contribution in [0.1, 0.15) is 12.5 Å². The Morgan fingerprint density at radius 1 is 1.27 bits per heavy atom. The number of ether oxygens (including phenoxy) is 2. The van der Waals surface area contributed by atoms with Gasteiger partial charge in [-0.3, -0.25) is 0 Å². The number of hydrogen-bond acceptors (Lipinski definition) is 3. The molecule has 0 fully saturated rings. The molecule has 0 heterocycles. The molecule has 0 aliphatic carbocycles. The molecule has 1 aromatic rings. The van der Waals surface area contributed by atoms with Gasteiger partial charge in [-0.15, -0.1) is 0 Å². The zero-order chi connectivity index (χ0) is 11.1. The van der Waals surface area contributed by atoms with Crippen LogP contribution in [0.3, 0.4) is 0 Å². The van der Waals surface area contributed by atoms with Crippen molar-refractivity contribution in [2.75, 3.05) is 20.3 Å². The van der Waals surface area contributed by atoms with Gasteiger partial charge in [0.05, 0.1) is 6.61 Å². The predicted molar refractivity (Wildman–Crippen MR) is 61.2 cm³/mol. The van der Waals surface area contributed by atoms with Crippen molar-refractivity contribution in [1.82, 2.24) is 0 Å². The molecule has 1 atom stereocenters. The van der Waals surface area contributed by atoms with Gasteiger partial charge >= 0.3 is 0 Å². The Balaban J connectivity index is 2.48. The van der Waals surface area contributed by atoms with Crippen LogP contribution in [-0.4, -0.2) is 26.4 Å². The maximum atomic E-state index is 5.63. The second-order valence-corrected chi connectivity index (χ2v) is 3.57. The van der Waals surface area contributed by atoms with Crippen LogP contribution in [0.5, 0.6) is 5.75 Å². The molecule has 0 saturated carbocycles. The smallest absolute Gasteiger partial charge is 0.119 e. The van der Waals surface area contributed by atoms with Crippen LogP contribution < -0.4 is 10.5 Å². The maximum absolute atomic E-state index is 5.63. The van der Waals surface area contributed by atoms with Gasteiger partial charge in [-0.25, -0.2) is 0 Å². The van der Waals surface area contributed by atoms with Gasteiger partial charge in [-0.05, 0) is 37.6 Å². The van der Waals surface area contributed by atoms with E-state index in [-0.39, 0.29) is 6.10 Å². The predicted octanol–water partition coefficient (Wildman–Crippen LogP) is 1.60. The van der Waals surface area contributed by atoms with Crippen molar-refractivity contribution in [2.45, 2.75) is 19.4 Å². The number of nitrogens with two attached hydrogens (primary N) is 1. The van der Waals surface area contributed by atoms with E-state index in [4.69, 9.17) is 15.2 Å². The first-order valence-corrected chi connectivity index (χ1v) is 5.21. The molecule has 0 saturated heterocycles. The molecule has 3 nitrogen and oxygen atoms in total. The fourth-order valence-electron chi connectivity index (χ4n) is 1.40. The van der Waals surface area contributed by atoms with Gasteiger partial charge in [0.2, 0.25) is 0 Å². The van der Waals surface area contributed by atoms with Gasteiger partial charge in [-0.1, -0.05) is 12.1 Å². The van der Waals surface area contributed by atoms with E-state index in [1.54, 1.807) is 7.11 Å². The van der Waals surface area contributed by atoms with E-state index in [1.165, 1.54) is 5.56 Å². The van der Waals surface area contributed by atoms with Gasteiger partial charge in [0, 0.05) is 7.11 Å². The minimum absolute atomic E-state index is 0.0790. The summed E-state index contributed by atoms with van der Waals surface area (Å²) >= 11 is 0. The molecule has 3 heteroatoms. The Kier molecular flexibility index (Phi) is 5.15. The van der Waals surface area contributed by atoms with Crippen LogP contribution in [-0.2, 0) is 11.2 Å². The average Bonchev–Trinajstić information content (AvgIpc) is 2.22. The average molecular weight is 209 g/mol. The molecule has 0 bridgehead atoms. The number of methoxy groups -OCH3 is 1. The van der Waals surface area contributed by atoms with Gasteiger partial charge in [0.25, 0.3) is 0 Å². The van der Waals surface area contributed by atoms with Crippen LogP contribution in [0.4, 0.5) is 0 Å². The van der Waals surface area contributed by atoms with Crippen LogP contribution in [0.25, 0.3) is 0 Å². The number of hydrogen-bond donors (Lipinski definition) is 1. The monoisotopic (exact) mass is 209 g/mol. The summed E-state index contributed by atoms with van der Waals surface area (Å²) in [6.45, 7) is 3.27. The molecule has 15 heavy (non-hydrogen) atoms. The highest BCUT2D eigenvalue weighted by Gasteiger charge is 2.02. The standard InChI is InChI=1S/C12H19NO2/c1-10(9-14-2)15-12-5-3-11(4-6-12)7-8-13/h3-6,10H,7-9,13H2,1-2H3. The van der Waals surface area contributed by atoms with E-state index < -0.39 is 0 Å². The van der Waals surface area contributed by atoms with Crippen molar-refractivity contribution in [2.24, 2.45) is 5.73 Å². The molecule has 0 aliphatic rings. The lowest BCUT2D eigenvalue weighted by Crippen LogP contribution is -2.17. The van der Waals surface area contributed by atoms with Crippen molar-refractivity contribution < 1.29 is 9.47 Å². The summed E-state index contributed by atoms with van der Waals surface area (Å²) in [5.41, 5.74) is 6.71. The van der Waals surface area contributed by atoms with E-state index in [9.17, 15) is 0 Å². The number of rotatable bonds is 6. The van der Waals surface area contributed by atoms with Crippen molar-refractivity contribution in [1.29, 1.82) is 0 Å². The summed E-state index contributed by atoms with van der Waals surface area (Å²) < 4.78 is 10.6. The Morgan fingerprint density at radius 3 is 2.47 bits per heavy atom.